The highest BCUT2D eigenvalue weighted by atomic mass is 16.5. The van der Waals surface area contributed by atoms with Crippen molar-refractivity contribution in [1.82, 2.24) is 15.1 Å². The number of aliphatic hydroxyl groups is 1. The zero-order valence-electron chi connectivity index (χ0n) is 10.8. The van der Waals surface area contributed by atoms with Gasteiger partial charge in [-0.15, -0.1) is 0 Å². The number of aromatic nitrogens is 3. The van der Waals surface area contributed by atoms with Gasteiger partial charge >= 0.3 is 6.01 Å². The summed E-state index contributed by atoms with van der Waals surface area (Å²) >= 11 is 0. The van der Waals surface area contributed by atoms with Gasteiger partial charge in [0.25, 0.3) is 5.91 Å². The fourth-order valence-electron chi connectivity index (χ4n) is 1.42. The Balaban J connectivity index is 2.19. The molecule has 0 aromatic carbocycles. The number of nitrogens with one attached hydrogen (secondary N) is 1. The Bertz CT molecular complexity index is 669. The first kappa shape index (κ1) is 13.7. The van der Waals surface area contributed by atoms with Crippen LogP contribution in [0, 0.1) is 18.8 Å². The Kier molecular flexibility index (Phi) is 4.42. The molecule has 0 spiro atoms. The van der Waals surface area contributed by atoms with Crippen LogP contribution in [-0.2, 0) is 0 Å². The second kappa shape index (κ2) is 6.45. The fourth-order valence-corrected chi connectivity index (χ4v) is 1.42. The van der Waals surface area contributed by atoms with Crippen molar-refractivity contribution < 1.29 is 14.4 Å². The standard InChI is InChI=1S/C13H12N4O3/c1-9-15-13(20-17-9)16-12(19)11-5-6-14-8-10(11)4-2-3-7-18/h5-6,8,18H,3,7H2,1H3,(H,15,16,17,19). The van der Waals surface area contributed by atoms with Gasteiger partial charge in [-0.05, 0) is 13.0 Å². The highest BCUT2D eigenvalue weighted by Crippen LogP contribution is 2.10. The van der Waals surface area contributed by atoms with Crippen LogP contribution in [-0.4, -0.2) is 32.7 Å². The van der Waals surface area contributed by atoms with Gasteiger partial charge in [0.2, 0.25) is 0 Å². The number of aryl methyl sites for hydroxylation is 1. The third-order valence-corrected chi connectivity index (χ3v) is 2.27. The van der Waals surface area contributed by atoms with Gasteiger partial charge in [-0.3, -0.25) is 15.1 Å². The number of hydrogen-bond donors (Lipinski definition) is 2. The molecule has 0 saturated carbocycles. The molecule has 0 radical (unpaired) electrons. The molecule has 0 aliphatic heterocycles. The van der Waals surface area contributed by atoms with Gasteiger partial charge in [0, 0.05) is 18.8 Å². The van der Waals surface area contributed by atoms with Crippen molar-refractivity contribution in [1.29, 1.82) is 0 Å². The molecule has 1 amide bonds. The summed E-state index contributed by atoms with van der Waals surface area (Å²) in [5, 5.41) is 14.8. The molecule has 0 aliphatic rings. The maximum Gasteiger partial charge on any atom is 0.328 e. The zero-order chi connectivity index (χ0) is 14.4. The highest BCUT2D eigenvalue weighted by molar-refractivity contribution is 6.04. The van der Waals surface area contributed by atoms with Crippen LogP contribution in [0.5, 0.6) is 0 Å². The predicted octanol–water partition coefficient (Wildman–Crippen LogP) is 0.759. The molecule has 2 aromatic rings. The molecule has 102 valence electrons. The quantitative estimate of drug-likeness (QED) is 0.800. The van der Waals surface area contributed by atoms with Crippen molar-refractivity contribution in [2.24, 2.45) is 0 Å². The number of hydrogen-bond acceptors (Lipinski definition) is 6. The van der Waals surface area contributed by atoms with E-state index in [9.17, 15) is 4.79 Å². The highest BCUT2D eigenvalue weighted by Gasteiger charge is 2.13. The average Bonchev–Trinajstić information content (AvgIpc) is 2.85. The van der Waals surface area contributed by atoms with E-state index >= 15 is 0 Å². The number of nitrogens with zero attached hydrogens (tertiary/aromatic N) is 3. The minimum Gasteiger partial charge on any atom is -0.395 e. The molecule has 2 rings (SSSR count). The van der Waals surface area contributed by atoms with E-state index in [0.29, 0.717) is 23.4 Å². The van der Waals surface area contributed by atoms with Gasteiger partial charge < -0.3 is 9.63 Å². The van der Waals surface area contributed by atoms with Crippen LogP contribution < -0.4 is 5.32 Å². The molecule has 2 heterocycles. The molecule has 2 aromatic heterocycles. The third-order valence-electron chi connectivity index (χ3n) is 2.27. The van der Waals surface area contributed by atoms with E-state index < -0.39 is 5.91 Å². The summed E-state index contributed by atoms with van der Waals surface area (Å²) in [4.78, 5) is 19.9. The molecule has 0 atom stereocenters. The van der Waals surface area contributed by atoms with Gasteiger partial charge in [0.15, 0.2) is 5.82 Å². The molecule has 0 bridgehead atoms. The lowest BCUT2D eigenvalue weighted by molar-refractivity contribution is 0.102. The molecular formula is C13H12N4O3. The van der Waals surface area contributed by atoms with Crippen molar-refractivity contribution >= 4 is 11.9 Å². The number of amides is 1. The van der Waals surface area contributed by atoms with Gasteiger partial charge in [-0.2, -0.15) is 4.98 Å². The van der Waals surface area contributed by atoms with Gasteiger partial charge in [-0.1, -0.05) is 17.0 Å². The molecule has 0 unspecified atom stereocenters. The Hall–Kier alpha value is -2.72. The fraction of sp³-hybridized carbons (Fsp3) is 0.231. The van der Waals surface area contributed by atoms with Crippen LogP contribution in [0.25, 0.3) is 0 Å². The molecule has 7 nitrogen and oxygen atoms in total. The number of carbonyl (C=O) groups excluding carboxylic acids is 1. The van der Waals surface area contributed by atoms with E-state index in [4.69, 9.17) is 9.63 Å². The molecule has 0 saturated heterocycles. The van der Waals surface area contributed by atoms with Gasteiger partial charge in [0.05, 0.1) is 17.7 Å². The number of anilines is 1. The summed E-state index contributed by atoms with van der Waals surface area (Å²) in [6.07, 6.45) is 3.31. The topological polar surface area (TPSA) is 101 Å². The molecule has 0 fully saturated rings. The maximum absolute atomic E-state index is 12.1. The van der Waals surface area contributed by atoms with Crippen molar-refractivity contribution in [3.05, 3.63) is 35.4 Å². The summed E-state index contributed by atoms with van der Waals surface area (Å²) in [6.45, 7) is 1.62. The van der Waals surface area contributed by atoms with Crippen LogP contribution in [0.4, 0.5) is 6.01 Å². The predicted molar refractivity (Wildman–Crippen MR) is 69.8 cm³/mol. The second-order valence-corrected chi connectivity index (χ2v) is 3.80. The molecule has 2 N–H and O–H groups in total. The van der Waals surface area contributed by atoms with Crippen molar-refractivity contribution in [3.63, 3.8) is 0 Å². The van der Waals surface area contributed by atoms with Gasteiger partial charge in [0.1, 0.15) is 0 Å². The number of rotatable bonds is 3. The maximum atomic E-state index is 12.1. The number of carbonyl (C=O) groups is 1. The van der Waals surface area contributed by atoms with Gasteiger partial charge in [-0.25, -0.2) is 0 Å². The van der Waals surface area contributed by atoms with E-state index in [0.717, 1.165) is 0 Å². The first-order valence-electron chi connectivity index (χ1n) is 5.86. The Labute approximate surface area is 115 Å². The summed E-state index contributed by atoms with van der Waals surface area (Å²) in [7, 11) is 0. The van der Waals surface area contributed by atoms with Crippen LogP contribution >= 0.6 is 0 Å². The molecule has 20 heavy (non-hydrogen) atoms. The van der Waals surface area contributed by atoms with Crippen molar-refractivity contribution in [2.75, 3.05) is 11.9 Å². The third kappa shape index (κ3) is 3.40. The SMILES string of the molecule is Cc1noc(NC(=O)c2ccncc2C#CCCO)n1. The number of pyridine rings is 1. The Morgan fingerprint density at radius 2 is 2.40 bits per heavy atom. The molecule has 7 heteroatoms. The van der Waals surface area contributed by atoms with Crippen LogP contribution in [0.15, 0.2) is 23.0 Å². The summed E-state index contributed by atoms with van der Waals surface area (Å²) in [5.74, 6) is 5.55. The first-order valence-corrected chi connectivity index (χ1v) is 5.86. The average molecular weight is 272 g/mol. The smallest absolute Gasteiger partial charge is 0.328 e. The minimum absolute atomic E-state index is 0.0265. The lowest BCUT2D eigenvalue weighted by Crippen LogP contribution is -2.14. The number of aliphatic hydroxyl groups excluding tert-OH is 1. The largest absolute Gasteiger partial charge is 0.395 e. The van der Waals surface area contributed by atoms with Crippen molar-refractivity contribution in [2.45, 2.75) is 13.3 Å². The monoisotopic (exact) mass is 272 g/mol. The normalized spacial score (nSPS) is 9.70. The molecular weight excluding hydrogens is 260 g/mol. The Morgan fingerprint density at radius 1 is 1.55 bits per heavy atom. The lowest BCUT2D eigenvalue weighted by Gasteiger charge is -2.02. The van der Waals surface area contributed by atoms with Crippen LogP contribution in [0.1, 0.15) is 28.2 Å². The van der Waals surface area contributed by atoms with E-state index in [2.05, 4.69) is 32.3 Å². The molecule has 0 aliphatic carbocycles. The zero-order valence-corrected chi connectivity index (χ0v) is 10.8. The lowest BCUT2D eigenvalue weighted by atomic mass is 10.1. The summed E-state index contributed by atoms with van der Waals surface area (Å²) < 4.78 is 4.82. The minimum atomic E-state index is -0.413. The summed E-state index contributed by atoms with van der Waals surface area (Å²) in [6, 6.07) is 1.57. The Morgan fingerprint density at radius 3 is 3.10 bits per heavy atom. The van der Waals surface area contributed by atoms with Crippen LogP contribution in [0.3, 0.4) is 0 Å². The van der Waals surface area contributed by atoms with Crippen molar-refractivity contribution in [3.8, 4) is 11.8 Å². The van der Waals surface area contributed by atoms with E-state index in [1.54, 1.807) is 13.0 Å². The van der Waals surface area contributed by atoms with Crippen LogP contribution in [0.2, 0.25) is 0 Å². The second-order valence-electron chi connectivity index (χ2n) is 3.80. The first-order chi connectivity index (χ1) is 9.70. The van der Waals surface area contributed by atoms with E-state index in [1.165, 1.54) is 12.4 Å². The summed E-state index contributed by atoms with van der Waals surface area (Å²) in [5.41, 5.74) is 0.816. The van der Waals surface area contributed by atoms with E-state index in [-0.39, 0.29) is 12.6 Å². The van der Waals surface area contributed by atoms with E-state index in [1.807, 2.05) is 0 Å².